The first-order chi connectivity index (χ1) is 11.0. The van der Waals surface area contributed by atoms with E-state index in [-0.39, 0.29) is 6.61 Å². The molecule has 0 spiro atoms. The topological polar surface area (TPSA) is 81.7 Å². The molecule has 0 unspecified atom stereocenters. The first kappa shape index (κ1) is 16.3. The second-order valence-electron chi connectivity index (χ2n) is 5.95. The van der Waals surface area contributed by atoms with E-state index in [9.17, 15) is 13.2 Å². The molecule has 1 N–H and O–H groups in total. The summed E-state index contributed by atoms with van der Waals surface area (Å²) in [5, 5.41) is -0.569. The lowest BCUT2D eigenvalue weighted by Crippen LogP contribution is -2.42. The van der Waals surface area contributed by atoms with Gasteiger partial charge in [0, 0.05) is 13.2 Å². The van der Waals surface area contributed by atoms with Gasteiger partial charge in [0.15, 0.2) is 6.61 Å². The maximum Gasteiger partial charge on any atom is 0.271 e. The summed E-state index contributed by atoms with van der Waals surface area (Å²) in [5.74, 6) is -0.0405. The Bertz CT molecular complexity index is 680. The van der Waals surface area contributed by atoms with Gasteiger partial charge < -0.3 is 9.47 Å². The molecule has 0 atom stereocenters. The van der Waals surface area contributed by atoms with Crippen molar-refractivity contribution in [2.24, 2.45) is 0 Å². The van der Waals surface area contributed by atoms with Crippen LogP contribution in [0.1, 0.15) is 30.4 Å². The van der Waals surface area contributed by atoms with E-state index >= 15 is 0 Å². The molecule has 1 saturated heterocycles. The number of aryl methyl sites for hydroxylation is 2. The molecule has 1 amide bonds. The fourth-order valence-corrected chi connectivity index (χ4v) is 4.40. The third-order valence-electron chi connectivity index (χ3n) is 4.30. The number of hydrogen-bond acceptors (Lipinski definition) is 5. The van der Waals surface area contributed by atoms with Crippen LogP contribution in [0.15, 0.2) is 18.2 Å². The number of rotatable bonds is 5. The number of hydrogen-bond donors (Lipinski definition) is 1. The molecular formula is C16H21NO5S. The molecular weight excluding hydrogens is 318 g/mol. The zero-order valence-corrected chi connectivity index (χ0v) is 13.7. The lowest BCUT2D eigenvalue weighted by Gasteiger charge is -2.22. The third kappa shape index (κ3) is 4.03. The number of carbonyl (C=O) groups excluding carboxylic acids is 1. The highest BCUT2D eigenvalue weighted by Crippen LogP contribution is 2.26. The molecule has 126 valence electrons. The van der Waals surface area contributed by atoms with Crippen LogP contribution in [0.5, 0.6) is 5.75 Å². The van der Waals surface area contributed by atoms with E-state index < -0.39 is 21.2 Å². The standard InChI is InChI=1S/C16H21NO5S/c18-16(17-23(19,20)15-6-8-21-9-7-15)11-22-14-5-4-12-2-1-3-13(12)10-14/h4-5,10,15H,1-3,6-9,11H2,(H,17,18). The van der Waals surface area contributed by atoms with Crippen molar-refractivity contribution in [3.63, 3.8) is 0 Å². The molecule has 6 nitrogen and oxygen atoms in total. The Kier molecular flexibility index (Phi) is 4.87. The average Bonchev–Trinajstić information content (AvgIpc) is 3.01. The number of benzene rings is 1. The summed E-state index contributed by atoms with van der Waals surface area (Å²) in [6.45, 7) is 0.512. The van der Waals surface area contributed by atoms with Crippen LogP contribution in [0.4, 0.5) is 0 Å². The number of sulfonamides is 1. The number of carbonyl (C=O) groups is 1. The molecule has 7 heteroatoms. The monoisotopic (exact) mass is 339 g/mol. The summed E-state index contributed by atoms with van der Waals surface area (Å²) in [6, 6.07) is 5.77. The van der Waals surface area contributed by atoms with E-state index in [1.165, 1.54) is 11.1 Å². The van der Waals surface area contributed by atoms with E-state index in [0.29, 0.717) is 31.8 Å². The summed E-state index contributed by atoms with van der Waals surface area (Å²) in [6.07, 6.45) is 4.07. The highest BCUT2D eigenvalue weighted by Gasteiger charge is 2.29. The van der Waals surface area contributed by atoms with Gasteiger partial charge in [0.1, 0.15) is 5.75 Å². The van der Waals surface area contributed by atoms with Gasteiger partial charge >= 0.3 is 0 Å². The number of nitrogens with one attached hydrogen (secondary N) is 1. The average molecular weight is 339 g/mol. The van der Waals surface area contributed by atoms with Gasteiger partial charge in [-0.2, -0.15) is 0 Å². The lowest BCUT2D eigenvalue weighted by molar-refractivity contribution is -0.121. The Labute approximate surface area is 136 Å². The molecule has 0 saturated carbocycles. The fraction of sp³-hybridized carbons (Fsp3) is 0.562. The summed E-state index contributed by atoms with van der Waals surface area (Å²) in [4.78, 5) is 11.9. The van der Waals surface area contributed by atoms with Gasteiger partial charge in [-0.1, -0.05) is 6.07 Å². The van der Waals surface area contributed by atoms with E-state index in [4.69, 9.17) is 9.47 Å². The van der Waals surface area contributed by atoms with Gasteiger partial charge in [-0.3, -0.25) is 4.79 Å². The molecule has 1 aromatic carbocycles. The van der Waals surface area contributed by atoms with Gasteiger partial charge in [0.25, 0.3) is 5.91 Å². The maximum atomic E-state index is 12.1. The van der Waals surface area contributed by atoms with Crippen molar-refractivity contribution in [3.05, 3.63) is 29.3 Å². The largest absolute Gasteiger partial charge is 0.484 e. The van der Waals surface area contributed by atoms with Crippen molar-refractivity contribution >= 4 is 15.9 Å². The number of ether oxygens (including phenoxy) is 2. The van der Waals surface area contributed by atoms with Crippen molar-refractivity contribution < 1.29 is 22.7 Å². The van der Waals surface area contributed by atoms with Crippen molar-refractivity contribution in [2.75, 3.05) is 19.8 Å². The van der Waals surface area contributed by atoms with Crippen molar-refractivity contribution in [2.45, 2.75) is 37.4 Å². The number of fused-ring (bicyclic) bond motifs is 1. The zero-order chi connectivity index (χ0) is 16.3. The lowest BCUT2D eigenvalue weighted by atomic mass is 10.1. The molecule has 1 aliphatic carbocycles. The fourth-order valence-electron chi connectivity index (χ4n) is 3.04. The Balaban J connectivity index is 1.53. The van der Waals surface area contributed by atoms with Crippen molar-refractivity contribution in [1.82, 2.24) is 4.72 Å². The minimum atomic E-state index is -3.66. The first-order valence-electron chi connectivity index (χ1n) is 7.91. The summed E-state index contributed by atoms with van der Waals surface area (Å²) < 4.78 is 36.9. The first-order valence-corrected chi connectivity index (χ1v) is 9.46. The Morgan fingerprint density at radius 3 is 2.74 bits per heavy atom. The molecule has 1 fully saturated rings. The molecule has 0 aromatic heterocycles. The smallest absolute Gasteiger partial charge is 0.271 e. The van der Waals surface area contributed by atoms with Gasteiger partial charge in [-0.05, 0) is 55.4 Å². The molecule has 1 heterocycles. The molecule has 0 bridgehead atoms. The van der Waals surface area contributed by atoms with Crippen molar-refractivity contribution in [1.29, 1.82) is 0 Å². The van der Waals surface area contributed by atoms with Crippen LogP contribution in [0.3, 0.4) is 0 Å². The molecule has 2 aliphatic rings. The maximum absolute atomic E-state index is 12.1. The zero-order valence-electron chi connectivity index (χ0n) is 12.9. The predicted molar refractivity (Wildman–Crippen MR) is 84.9 cm³/mol. The second kappa shape index (κ2) is 6.88. The molecule has 1 aliphatic heterocycles. The van der Waals surface area contributed by atoms with Gasteiger partial charge in [-0.25, -0.2) is 13.1 Å². The highest BCUT2D eigenvalue weighted by atomic mass is 32.2. The molecule has 23 heavy (non-hydrogen) atoms. The van der Waals surface area contributed by atoms with Gasteiger partial charge in [0.2, 0.25) is 10.0 Å². The Morgan fingerprint density at radius 2 is 1.96 bits per heavy atom. The highest BCUT2D eigenvalue weighted by molar-refractivity contribution is 7.90. The van der Waals surface area contributed by atoms with Crippen LogP contribution >= 0.6 is 0 Å². The minimum absolute atomic E-state index is 0.304. The molecule has 1 aromatic rings. The Morgan fingerprint density at radius 1 is 1.22 bits per heavy atom. The van der Waals surface area contributed by atoms with Crippen LogP contribution in [0, 0.1) is 0 Å². The number of amides is 1. The minimum Gasteiger partial charge on any atom is -0.484 e. The van der Waals surface area contributed by atoms with Crippen LogP contribution in [-0.2, 0) is 32.4 Å². The quantitative estimate of drug-likeness (QED) is 0.871. The summed E-state index contributed by atoms with van der Waals surface area (Å²) in [7, 11) is -3.66. The van der Waals surface area contributed by atoms with E-state index in [1.54, 1.807) is 0 Å². The van der Waals surface area contributed by atoms with Gasteiger partial charge in [0.05, 0.1) is 5.25 Å². The predicted octanol–water partition coefficient (Wildman–Crippen LogP) is 1.18. The van der Waals surface area contributed by atoms with E-state index in [2.05, 4.69) is 4.72 Å². The third-order valence-corrected chi connectivity index (χ3v) is 6.16. The Hall–Kier alpha value is -1.60. The SMILES string of the molecule is O=C(COc1ccc2c(c1)CCC2)NS(=O)(=O)C1CCOCC1. The second-order valence-corrected chi connectivity index (χ2v) is 7.92. The van der Waals surface area contributed by atoms with Crippen LogP contribution < -0.4 is 9.46 Å². The van der Waals surface area contributed by atoms with Crippen LogP contribution in [-0.4, -0.2) is 39.4 Å². The molecule has 3 rings (SSSR count). The van der Waals surface area contributed by atoms with Crippen LogP contribution in [0.2, 0.25) is 0 Å². The summed E-state index contributed by atoms with van der Waals surface area (Å²) in [5.41, 5.74) is 2.57. The van der Waals surface area contributed by atoms with E-state index in [0.717, 1.165) is 19.3 Å². The summed E-state index contributed by atoms with van der Waals surface area (Å²) >= 11 is 0. The molecule has 0 radical (unpaired) electrons. The van der Waals surface area contributed by atoms with E-state index in [1.807, 2.05) is 18.2 Å². The van der Waals surface area contributed by atoms with Gasteiger partial charge in [-0.15, -0.1) is 0 Å². The van der Waals surface area contributed by atoms with Crippen LogP contribution in [0.25, 0.3) is 0 Å². The normalized spacial score (nSPS) is 18.4. The van der Waals surface area contributed by atoms with Crippen molar-refractivity contribution in [3.8, 4) is 5.75 Å².